The Morgan fingerprint density at radius 2 is 2.12 bits per heavy atom. The molecule has 1 aromatic rings. The second kappa shape index (κ2) is 7.74. The number of phenolic OH excluding ortho intramolecular Hbond substituents is 1. The van der Waals surface area contributed by atoms with Gasteiger partial charge in [0.15, 0.2) is 17.3 Å². The summed E-state index contributed by atoms with van der Waals surface area (Å²) in [4.78, 5) is 11.1. The second-order valence-corrected chi connectivity index (χ2v) is 3.31. The van der Waals surface area contributed by atoms with Gasteiger partial charge in [-0.25, -0.2) is 0 Å². The van der Waals surface area contributed by atoms with Crippen molar-refractivity contribution in [2.75, 3.05) is 6.61 Å². The molecule has 1 aromatic carbocycles. The Hall–Kier alpha value is -1.48. The number of phenols is 1. The SMILES string of the molecule is CCOc1cc(C=CC(=O)CC)ccc1O.Cl. The molecule has 0 atom stereocenters. The number of hydrogen-bond acceptors (Lipinski definition) is 3. The molecule has 0 saturated heterocycles. The minimum Gasteiger partial charge on any atom is -0.504 e. The number of ether oxygens (including phenoxy) is 1. The Morgan fingerprint density at radius 3 is 2.71 bits per heavy atom. The number of ketones is 1. The van der Waals surface area contributed by atoms with E-state index in [4.69, 9.17) is 4.74 Å². The molecule has 94 valence electrons. The molecule has 0 amide bonds. The highest BCUT2D eigenvalue weighted by molar-refractivity contribution is 5.93. The van der Waals surface area contributed by atoms with Crippen LogP contribution >= 0.6 is 12.4 Å². The maximum atomic E-state index is 11.1. The number of rotatable bonds is 5. The average molecular weight is 257 g/mol. The molecule has 4 heteroatoms. The van der Waals surface area contributed by atoms with Crippen LogP contribution < -0.4 is 4.74 Å². The third-order valence-corrected chi connectivity index (χ3v) is 2.09. The van der Waals surface area contributed by atoms with E-state index in [0.717, 1.165) is 5.56 Å². The van der Waals surface area contributed by atoms with Gasteiger partial charge in [0.25, 0.3) is 0 Å². The fraction of sp³-hybridized carbons (Fsp3) is 0.308. The van der Waals surface area contributed by atoms with Crippen molar-refractivity contribution in [2.45, 2.75) is 20.3 Å². The van der Waals surface area contributed by atoms with Crippen LogP contribution in [0.5, 0.6) is 11.5 Å². The first-order chi connectivity index (χ1) is 7.67. The number of benzene rings is 1. The zero-order chi connectivity index (χ0) is 12.0. The summed E-state index contributed by atoms with van der Waals surface area (Å²) in [5.74, 6) is 0.625. The first kappa shape index (κ1) is 15.5. The van der Waals surface area contributed by atoms with Gasteiger partial charge in [0.1, 0.15) is 0 Å². The molecule has 0 bridgehead atoms. The van der Waals surface area contributed by atoms with Crippen molar-refractivity contribution >= 4 is 24.3 Å². The van der Waals surface area contributed by atoms with Crippen molar-refractivity contribution in [3.05, 3.63) is 29.8 Å². The number of carbonyl (C=O) groups is 1. The van der Waals surface area contributed by atoms with Crippen molar-refractivity contribution in [3.63, 3.8) is 0 Å². The molecule has 1 rings (SSSR count). The third-order valence-electron chi connectivity index (χ3n) is 2.09. The highest BCUT2D eigenvalue weighted by atomic mass is 35.5. The molecule has 0 aliphatic carbocycles. The van der Waals surface area contributed by atoms with Crippen molar-refractivity contribution in [2.24, 2.45) is 0 Å². The van der Waals surface area contributed by atoms with Gasteiger partial charge < -0.3 is 9.84 Å². The van der Waals surface area contributed by atoms with Crippen LogP contribution in [-0.2, 0) is 4.79 Å². The zero-order valence-corrected chi connectivity index (χ0v) is 10.8. The van der Waals surface area contributed by atoms with E-state index in [0.29, 0.717) is 18.8 Å². The van der Waals surface area contributed by atoms with Crippen molar-refractivity contribution in [1.82, 2.24) is 0 Å². The molecule has 0 aliphatic heterocycles. The van der Waals surface area contributed by atoms with Crippen LogP contribution in [0.3, 0.4) is 0 Å². The van der Waals surface area contributed by atoms with Gasteiger partial charge in [-0.1, -0.05) is 19.1 Å². The van der Waals surface area contributed by atoms with Gasteiger partial charge in [-0.3, -0.25) is 4.79 Å². The molecule has 0 fully saturated rings. The van der Waals surface area contributed by atoms with Crippen molar-refractivity contribution < 1.29 is 14.6 Å². The van der Waals surface area contributed by atoms with Gasteiger partial charge in [0.2, 0.25) is 0 Å². The predicted octanol–water partition coefficient (Wildman–Crippen LogP) is 3.21. The molecular weight excluding hydrogens is 240 g/mol. The minimum atomic E-state index is 0. The maximum absolute atomic E-state index is 11.1. The fourth-order valence-electron chi connectivity index (χ4n) is 1.21. The first-order valence-electron chi connectivity index (χ1n) is 5.34. The van der Waals surface area contributed by atoms with Gasteiger partial charge in [0.05, 0.1) is 6.61 Å². The van der Waals surface area contributed by atoms with Crippen LogP contribution in [0.1, 0.15) is 25.8 Å². The lowest BCUT2D eigenvalue weighted by molar-refractivity contribution is -0.114. The van der Waals surface area contributed by atoms with Crippen LogP contribution in [0, 0.1) is 0 Å². The standard InChI is InChI=1S/C13H16O3.ClH/c1-3-11(14)7-5-10-6-8-12(15)13(9-10)16-4-2;/h5-9,15H,3-4H2,1-2H3;1H. The number of carbonyl (C=O) groups excluding carboxylic acids is 1. The molecule has 0 heterocycles. The summed E-state index contributed by atoms with van der Waals surface area (Å²) in [7, 11) is 0. The summed E-state index contributed by atoms with van der Waals surface area (Å²) in [5, 5.41) is 9.47. The number of halogens is 1. The number of allylic oxidation sites excluding steroid dienone is 1. The van der Waals surface area contributed by atoms with Crippen LogP contribution in [0.15, 0.2) is 24.3 Å². The summed E-state index contributed by atoms with van der Waals surface area (Å²) < 4.78 is 5.24. The normalized spacial score (nSPS) is 10.0. The summed E-state index contributed by atoms with van der Waals surface area (Å²) >= 11 is 0. The third kappa shape index (κ3) is 4.91. The number of aromatic hydroxyl groups is 1. The monoisotopic (exact) mass is 256 g/mol. The highest BCUT2D eigenvalue weighted by Gasteiger charge is 2.01. The molecule has 0 unspecified atom stereocenters. The summed E-state index contributed by atoms with van der Waals surface area (Å²) in [6.07, 6.45) is 3.74. The second-order valence-electron chi connectivity index (χ2n) is 3.31. The molecule has 0 spiro atoms. The Kier molecular flexibility index (Phi) is 7.06. The molecular formula is C13H17ClO3. The summed E-state index contributed by atoms with van der Waals surface area (Å²) in [5.41, 5.74) is 0.836. The maximum Gasteiger partial charge on any atom is 0.161 e. The van der Waals surface area contributed by atoms with E-state index in [1.165, 1.54) is 6.08 Å². The van der Waals surface area contributed by atoms with Gasteiger partial charge in [0, 0.05) is 6.42 Å². The van der Waals surface area contributed by atoms with Crippen LogP contribution in [0.2, 0.25) is 0 Å². The van der Waals surface area contributed by atoms with Gasteiger partial charge in [-0.05, 0) is 30.7 Å². The lowest BCUT2D eigenvalue weighted by Gasteiger charge is -2.06. The van der Waals surface area contributed by atoms with Gasteiger partial charge in [-0.15, -0.1) is 12.4 Å². The van der Waals surface area contributed by atoms with E-state index in [2.05, 4.69) is 0 Å². The quantitative estimate of drug-likeness (QED) is 0.823. The molecule has 0 radical (unpaired) electrons. The van der Waals surface area contributed by atoms with Gasteiger partial charge in [-0.2, -0.15) is 0 Å². The van der Waals surface area contributed by atoms with Gasteiger partial charge >= 0.3 is 0 Å². The van der Waals surface area contributed by atoms with E-state index in [1.54, 1.807) is 24.3 Å². The Balaban J connectivity index is 0.00000256. The lowest BCUT2D eigenvalue weighted by atomic mass is 10.1. The van der Waals surface area contributed by atoms with E-state index in [9.17, 15) is 9.90 Å². The molecule has 17 heavy (non-hydrogen) atoms. The molecule has 0 aromatic heterocycles. The van der Waals surface area contributed by atoms with Crippen LogP contribution in [0.25, 0.3) is 6.08 Å². The lowest BCUT2D eigenvalue weighted by Crippen LogP contribution is -1.92. The highest BCUT2D eigenvalue weighted by Crippen LogP contribution is 2.27. The van der Waals surface area contributed by atoms with Crippen LogP contribution in [0.4, 0.5) is 0 Å². The molecule has 0 aliphatic rings. The minimum absolute atomic E-state index is 0. The molecule has 0 saturated carbocycles. The largest absolute Gasteiger partial charge is 0.504 e. The Labute approximate surface area is 108 Å². The Bertz CT molecular complexity index is 400. The first-order valence-corrected chi connectivity index (χ1v) is 5.34. The van der Waals surface area contributed by atoms with Crippen molar-refractivity contribution in [3.8, 4) is 11.5 Å². The van der Waals surface area contributed by atoms with E-state index >= 15 is 0 Å². The Morgan fingerprint density at radius 1 is 1.41 bits per heavy atom. The van der Waals surface area contributed by atoms with E-state index in [-0.39, 0.29) is 23.9 Å². The molecule has 1 N–H and O–H groups in total. The predicted molar refractivity (Wildman–Crippen MR) is 70.9 cm³/mol. The fourth-order valence-corrected chi connectivity index (χ4v) is 1.21. The van der Waals surface area contributed by atoms with E-state index in [1.807, 2.05) is 13.8 Å². The summed E-state index contributed by atoms with van der Waals surface area (Å²) in [6, 6.07) is 5.00. The summed E-state index contributed by atoms with van der Waals surface area (Å²) in [6.45, 7) is 4.16. The number of hydrogen-bond donors (Lipinski definition) is 1. The zero-order valence-electron chi connectivity index (χ0n) is 9.97. The van der Waals surface area contributed by atoms with Crippen molar-refractivity contribution in [1.29, 1.82) is 0 Å². The van der Waals surface area contributed by atoms with Crippen LogP contribution in [-0.4, -0.2) is 17.5 Å². The van der Waals surface area contributed by atoms with E-state index < -0.39 is 0 Å². The smallest absolute Gasteiger partial charge is 0.161 e. The molecule has 3 nitrogen and oxygen atoms in total. The average Bonchev–Trinajstić information content (AvgIpc) is 2.30. The topological polar surface area (TPSA) is 46.5 Å².